The molecule has 0 aromatic carbocycles. The molecule has 1 amide bonds. The number of allylic oxidation sites excluding steroid dienone is 1. The molecule has 62 valence electrons. The first kappa shape index (κ1) is 8.27. The van der Waals surface area contributed by atoms with E-state index in [1.807, 2.05) is 6.08 Å². The molecule has 11 heavy (non-hydrogen) atoms. The first-order chi connectivity index (χ1) is 5.34. The molecule has 0 atom stereocenters. The van der Waals surface area contributed by atoms with Gasteiger partial charge in [-0.15, -0.1) is 0 Å². The number of nitrogens with two attached hydrogens (primary N) is 1. The van der Waals surface area contributed by atoms with Crippen LogP contribution in [-0.2, 0) is 4.79 Å². The second-order valence-electron chi connectivity index (χ2n) is 2.80. The Morgan fingerprint density at radius 2 is 2.27 bits per heavy atom. The van der Waals surface area contributed by atoms with E-state index in [1.165, 1.54) is 12.8 Å². The van der Waals surface area contributed by atoms with Gasteiger partial charge < -0.3 is 0 Å². The van der Waals surface area contributed by atoms with Gasteiger partial charge in [-0.25, -0.2) is 5.84 Å². The minimum atomic E-state index is -0.119. The van der Waals surface area contributed by atoms with E-state index >= 15 is 0 Å². The lowest BCUT2D eigenvalue weighted by molar-refractivity contribution is -0.117. The average Bonchev–Trinajstić information content (AvgIpc) is 2.30. The molecule has 3 nitrogen and oxygen atoms in total. The van der Waals surface area contributed by atoms with Gasteiger partial charge >= 0.3 is 0 Å². The van der Waals surface area contributed by atoms with Gasteiger partial charge in [-0.3, -0.25) is 10.2 Å². The molecule has 0 spiro atoms. The van der Waals surface area contributed by atoms with Crippen molar-refractivity contribution in [2.45, 2.75) is 32.1 Å². The molecule has 0 fully saturated rings. The van der Waals surface area contributed by atoms with Crippen LogP contribution in [0.2, 0.25) is 0 Å². The van der Waals surface area contributed by atoms with E-state index < -0.39 is 0 Å². The monoisotopic (exact) mass is 154 g/mol. The van der Waals surface area contributed by atoms with Gasteiger partial charge in [-0.05, 0) is 25.7 Å². The Balaban J connectivity index is 2.53. The number of hydrazine groups is 1. The van der Waals surface area contributed by atoms with E-state index in [0.717, 1.165) is 24.8 Å². The molecule has 3 heteroatoms. The number of carbonyl (C=O) groups is 1. The molecule has 0 aromatic rings. The maximum atomic E-state index is 11.0. The molecule has 0 radical (unpaired) electrons. The molecule has 3 N–H and O–H groups in total. The van der Waals surface area contributed by atoms with E-state index in [0.29, 0.717) is 0 Å². The Hall–Kier alpha value is -0.830. The first-order valence-electron chi connectivity index (χ1n) is 4.04. The highest BCUT2D eigenvalue weighted by molar-refractivity contribution is 5.92. The van der Waals surface area contributed by atoms with Gasteiger partial charge in [0.15, 0.2) is 0 Å². The van der Waals surface area contributed by atoms with Crippen LogP contribution in [-0.4, -0.2) is 5.91 Å². The predicted octanol–water partition coefficient (Wildman–Crippen LogP) is 0.867. The van der Waals surface area contributed by atoms with Gasteiger partial charge in [0.2, 0.25) is 0 Å². The number of rotatable bonds is 1. The van der Waals surface area contributed by atoms with Gasteiger partial charge in [0.25, 0.3) is 5.91 Å². The van der Waals surface area contributed by atoms with Crippen molar-refractivity contribution in [1.82, 2.24) is 5.43 Å². The Morgan fingerprint density at radius 1 is 1.45 bits per heavy atom. The summed E-state index contributed by atoms with van der Waals surface area (Å²) in [6.07, 6.45) is 7.42. The number of hydrogen-bond donors (Lipinski definition) is 2. The lowest BCUT2D eigenvalue weighted by Gasteiger charge is -2.01. The third-order valence-electron chi connectivity index (χ3n) is 1.96. The number of carbonyl (C=O) groups excluding carboxylic acids is 1. The molecular formula is C8H14N2O. The molecular weight excluding hydrogens is 140 g/mol. The molecule has 0 unspecified atom stereocenters. The summed E-state index contributed by atoms with van der Waals surface area (Å²) in [6.45, 7) is 0. The zero-order valence-electron chi connectivity index (χ0n) is 6.60. The van der Waals surface area contributed by atoms with Crippen LogP contribution in [0.5, 0.6) is 0 Å². The Labute approximate surface area is 66.6 Å². The average molecular weight is 154 g/mol. The van der Waals surface area contributed by atoms with Crippen LogP contribution < -0.4 is 11.3 Å². The van der Waals surface area contributed by atoms with Crippen LogP contribution in [0.15, 0.2) is 11.6 Å². The van der Waals surface area contributed by atoms with Crippen LogP contribution in [0.25, 0.3) is 0 Å². The van der Waals surface area contributed by atoms with Gasteiger partial charge in [0.05, 0.1) is 0 Å². The van der Waals surface area contributed by atoms with Crippen molar-refractivity contribution in [2.24, 2.45) is 5.84 Å². The van der Waals surface area contributed by atoms with Gasteiger partial charge in [-0.2, -0.15) is 0 Å². The fourth-order valence-corrected chi connectivity index (χ4v) is 1.31. The smallest absolute Gasteiger partial charge is 0.260 e. The summed E-state index contributed by atoms with van der Waals surface area (Å²) in [7, 11) is 0. The molecule has 0 saturated heterocycles. The number of amides is 1. The van der Waals surface area contributed by atoms with Crippen LogP contribution in [0.3, 0.4) is 0 Å². The minimum Gasteiger partial charge on any atom is -0.290 e. The molecule has 0 heterocycles. The lowest BCUT2D eigenvalue weighted by Crippen LogP contribution is -2.31. The van der Waals surface area contributed by atoms with Crippen molar-refractivity contribution in [3.8, 4) is 0 Å². The SMILES string of the molecule is NNC(=O)C1=CCCCCC1. The van der Waals surface area contributed by atoms with E-state index in [1.54, 1.807) is 0 Å². The maximum absolute atomic E-state index is 11.0. The number of nitrogens with one attached hydrogen (secondary N) is 1. The van der Waals surface area contributed by atoms with Crippen LogP contribution in [0.4, 0.5) is 0 Å². The quantitative estimate of drug-likeness (QED) is 0.334. The third-order valence-corrected chi connectivity index (χ3v) is 1.96. The summed E-state index contributed by atoms with van der Waals surface area (Å²) in [4.78, 5) is 11.0. The van der Waals surface area contributed by atoms with E-state index in [2.05, 4.69) is 5.43 Å². The minimum absolute atomic E-state index is 0.119. The Kier molecular flexibility index (Phi) is 3.11. The summed E-state index contributed by atoms with van der Waals surface area (Å²) in [5.74, 6) is 4.89. The highest BCUT2D eigenvalue weighted by Crippen LogP contribution is 2.16. The fourth-order valence-electron chi connectivity index (χ4n) is 1.31. The summed E-state index contributed by atoms with van der Waals surface area (Å²) in [5.41, 5.74) is 3.01. The molecule has 1 rings (SSSR count). The third kappa shape index (κ3) is 2.35. The molecule has 1 aliphatic carbocycles. The van der Waals surface area contributed by atoms with Gasteiger partial charge in [0.1, 0.15) is 0 Å². The van der Waals surface area contributed by atoms with Crippen molar-refractivity contribution < 1.29 is 4.79 Å². The van der Waals surface area contributed by atoms with Crippen LogP contribution in [0.1, 0.15) is 32.1 Å². The zero-order valence-corrected chi connectivity index (χ0v) is 6.60. The first-order valence-corrected chi connectivity index (χ1v) is 4.04. The van der Waals surface area contributed by atoms with Crippen molar-refractivity contribution >= 4 is 5.91 Å². The normalized spacial score (nSPS) is 18.5. The highest BCUT2D eigenvalue weighted by atomic mass is 16.2. The summed E-state index contributed by atoms with van der Waals surface area (Å²) in [6, 6.07) is 0. The molecule has 0 aromatic heterocycles. The van der Waals surface area contributed by atoms with Crippen molar-refractivity contribution in [3.63, 3.8) is 0 Å². The summed E-state index contributed by atoms with van der Waals surface area (Å²) in [5, 5.41) is 0. The van der Waals surface area contributed by atoms with Crippen LogP contribution in [0, 0.1) is 0 Å². The van der Waals surface area contributed by atoms with Gasteiger partial charge in [0, 0.05) is 5.57 Å². The second-order valence-corrected chi connectivity index (χ2v) is 2.80. The Bertz CT molecular complexity index is 175. The fraction of sp³-hybridized carbons (Fsp3) is 0.625. The topological polar surface area (TPSA) is 55.1 Å². The van der Waals surface area contributed by atoms with Gasteiger partial charge in [-0.1, -0.05) is 12.5 Å². The number of hydrogen-bond acceptors (Lipinski definition) is 2. The zero-order chi connectivity index (χ0) is 8.10. The molecule has 0 aliphatic heterocycles. The largest absolute Gasteiger partial charge is 0.290 e. The van der Waals surface area contributed by atoms with Crippen molar-refractivity contribution in [1.29, 1.82) is 0 Å². The van der Waals surface area contributed by atoms with Crippen molar-refractivity contribution in [2.75, 3.05) is 0 Å². The second kappa shape index (κ2) is 4.13. The highest BCUT2D eigenvalue weighted by Gasteiger charge is 2.08. The van der Waals surface area contributed by atoms with E-state index in [4.69, 9.17) is 5.84 Å². The summed E-state index contributed by atoms with van der Waals surface area (Å²) < 4.78 is 0. The lowest BCUT2D eigenvalue weighted by atomic mass is 10.1. The predicted molar refractivity (Wildman–Crippen MR) is 43.5 cm³/mol. The molecule has 0 bridgehead atoms. The molecule has 0 saturated carbocycles. The maximum Gasteiger partial charge on any atom is 0.260 e. The van der Waals surface area contributed by atoms with E-state index in [-0.39, 0.29) is 5.91 Å². The summed E-state index contributed by atoms with van der Waals surface area (Å²) >= 11 is 0. The Morgan fingerprint density at radius 3 is 3.00 bits per heavy atom. The van der Waals surface area contributed by atoms with E-state index in [9.17, 15) is 4.79 Å². The molecule has 1 aliphatic rings. The van der Waals surface area contributed by atoms with Crippen LogP contribution >= 0.6 is 0 Å². The standard InChI is InChI=1S/C8H14N2O/c9-10-8(11)7-5-3-1-2-4-6-7/h5H,1-4,6,9H2,(H,10,11). The van der Waals surface area contributed by atoms with Crippen molar-refractivity contribution in [3.05, 3.63) is 11.6 Å².